The molecule has 0 bridgehead atoms. The van der Waals surface area contributed by atoms with Crippen molar-refractivity contribution in [1.29, 1.82) is 0 Å². The maximum Gasteiger partial charge on any atom is 0.0641 e. The molecule has 16 heavy (non-hydrogen) atoms. The molecule has 0 fully saturated rings. The van der Waals surface area contributed by atoms with E-state index in [1.807, 2.05) is 17.8 Å². The van der Waals surface area contributed by atoms with Crippen molar-refractivity contribution in [3.63, 3.8) is 0 Å². The molecule has 1 atom stereocenters. The van der Waals surface area contributed by atoms with Crippen LogP contribution >= 0.6 is 0 Å². The van der Waals surface area contributed by atoms with Gasteiger partial charge in [-0.15, -0.1) is 0 Å². The quantitative estimate of drug-likeness (QED) is 0.528. The number of nitrogens with two attached hydrogens (primary N) is 1. The van der Waals surface area contributed by atoms with Crippen molar-refractivity contribution >= 4 is 0 Å². The van der Waals surface area contributed by atoms with Crippen LogP contribution in [0.4, 0.5) is 0 Å². The van der Waals surface area contributed by atoms with Crippen LogP contribution in [-0.4, -0.2) is 34.3 Å². The van der Waals surface area contributed by atoms with Gasteiger partial charge in [-0.25, -0.2) is 0 Å². The lowest BCUT2D eigenvalue weighted by Gasteiger charge is -2.22. The predicted molar refractivity (Wildman–Crippen MR) is 65.7 cm³/mol. The van der Waals surface area contributed by atoms with Crippen LogP contribution in [0.2, 0.25) is 0 Å². The van der Waals surface area contributed by atoms with Crippen LogP contribution in [0, 0.1) is 0 Å². The van der Waals surface area contributed by atoms with Gasteiger partial charge in [0.25, 0.3) is 0 Å². The maximum absolute atomic E-state index is 5.59. The minimum absolute atomic E-state index is 0.174. The normalized spacial score (nSPS) is 13.3. The van der Waals surface area contributed by atoms with Crippen molar-refractivity contribution in [3.8, 4) is 0 Å². The molecule has 1 rings (SSSR count). The monoisotopic (exact) mass is 225 g/mol. The zero-order chi connectivity index (χ0) is 12.0. The van der Waals surface area contributed by atoms with Gasteiger partial charge in [-0.05, 0) is 25.6 Å². The molecule has 1 unspecified atom stereocenters. The second-order valence-electron chi connectivity index (χ2n) is 3.91. The first-order chi connectivity index (χ1) is 7.72. The van der Waals surface area contributed by atoms with E-state index in [0.717, 1.165) is 31.7 Å². The molecule has 0 radical (unpaired) electrons. The Hall–Kier alpha value is -0.910. The first-order valence-corrected chi connectivity index (χ1v) is 5.89. The van der Waals surface area contributed by atoms with Gasteiger partial charge in [0.1, 0.15) is 0 Å². The van der Waals surface area contributed by atoms with E-state index in [0.29, 0.717) is 0 Å². The predicted octanol–water partition coefficient (Wildman–Crippen LogP) is 0.656. The average molecular weight is 225 g/mol. The molecule has 0 aromatic carbocycles. The van der Waals surface area contributed by atoms with Gasteiger partial charge in [0.05, 0.1) is 11.7 Å². The Kier molecular flexibility index (Phi) is 5.45. The fourth-order valence-corrected chi connectivity index (χ4v) is 1.89. The molecule has 0 saturated heterocycles. The average Bonchev–Trinajstić information content (AvgIpc) is 2.71. The zero-order valence-electron chi connectivity index (χ0n) is 10.5. The van der Waals surface area contributed by atoms with Gasteiger partial charge in [-0.1, -0.05) is 13.8 Å². The number of nitrogens with zero attached hydrogens (tertiary/aromatic N) is 3. The molecular weight excluding hydrogens is 202 g/mol. The summed E-state index contributed by atoms with van der Waals surface area (Å²) in [5, 5.41) is 4.16. The molecule has 0 saturated carbocycles. The summed E-state index contributed by atoms with van der Waals surface area (Å²) >= 11 is 0. The molecule has 1 aromatic heterocycles. The van der Waals surface area contributed by atoms with E-state index in [1.54, 1.807) is 6.20 Å². The van der Waals surface area contributed by atoms with E-state index in [2.05, 4.69) is 29.3 Å². The van der Waals surface area contributed by atoms with Crippen molar-refractivity contribution in [2.75, 3.05) is 19.6 Å². The smallest absolute Gasteiger partial charge is 0.0641 e. The lowest BCUT2D eigenvalue weighted by Crippen LogP contribution is -2.33. The summed E-state index contributed by atoms with van der Waals surface area (Å²) in [5.74, 6) is 5.59. The van der Waals surface area contributed by atoms with Gasteiger partial charge in [0.2, 0.25) is 0 Å². The highest BCUT2D eigenvalue weighted by Gasteiger charge is 2.13. The van der Waals surface area contributed by atoms with Crippen LogP contribution < -0.4 is 11.3 Å². The standard InChI is InChI=1S/C11H23N5/c1-4-16(5-2)9-7-10(14-12)11-6-8-13-15(11)3/h6,8,10,14H,4-5,7,9,12H2,1-3H3. The Balaban J connectivity index is 2.53. The van der Waals surface area contributed by atoms with Crippen molar-refractivity contribution < 1.29 is 0 Å². The van der Waals surface area contributed by atoms with Crippen molar-refractivity contribution in [1.82, 2.24) is 20.1 Å². The highest BCUT2D eigenvalue weighted by molar-refractivity contribution is 5.06. The van der Waals surface area contributed by atoms with E-state index in [4.69, 9.17) is 5.84 Å². The highest BCUT2D eigenvalue weighted by atomic mass is 15.3. The Morgan fingerprint density at radius 3 is 2.62 bits per heavy atom. The molecule has 92 valence electrons. The van der Waals surface area contributed by atoms with Crippen LogP contribution in [0.3, 0.4) is 0 Å². The third-order valence-electron chi connectivity index (χ3n) is 3.05. The van der Waals surface area contributed by atoms with Gasteiger partial charge in [0, 0.05) is 19.8 Å². The summed E-state index contributed by atoms with van der Waals surface area (Å²) < 4.78 is 1.87. The fraction of sp³-hybridized carbons (Fsp3) is 0.727. The number of nitrogens with one attached hydrogen (secondary N) is 1. The Morgan fingerprint density at radius 1 is 1.50 bits per heavy atom. The molecule has 0 spiro atoms. The molecule has 0 amide bonds. The number of rotatable bonds is 7. The van der Waals surface area contributed by atoms with E-state index in [-0.39, 0.29) is 6.04 Å². The van der Waals surface area contributed by atoms with Gasteiger partial charge >= 0.3 is 0 Å². The van der Waals surface area contributed by atoms with Crippen LogP contribution in [0.5, 0.6) is 0 Å². The second kappa shape index (κ2) is 6.62. The molecule has 5 nitrogen and oxygen atoms in total. The summed E-state index contributed by atoms with van der Waals surface area (Å²) in [6.07, 6.45) is 2.80. The van der Waals surface area contributed by atoms with Gasteiger partial charge in [-0.2, -0.15) is 5.10 Å². The molecule has 3 N–H and O–H groups in total. The third-order valence-corrected chi connectivity index (χ3v) is 3.05. The Morgan fingerprint density at radius 2 is 2.19 bits per heavy atom. The molecule has 0 aliphatic heterocycles. The van der Waals surface area contributed by atoms with Crippen molar-refractivity contribution in [2.45, 2.75) is 26.3 Å². The molecule has 1 heterocycles. The number of aryl methyl sites for hydroxylation is 1. The number of hydrogen-bond donors (Lipinski definition) is 2. The number of hydrogen-bond acceptors (Lipinski definition) is 4. The molecular formula is C11H23N5. The van der Waals surface area contributed by atoms with Crippen molar-refractivity contribution in [3.05, 3.63) is 18.0 Å². The van der Waals surface area contributed by atoms with E-state index in [1.165, 1.54) is 0 Å². The zero-order valence-corrected chi connectivity index (χ0v) is 10.5. The second-order valence-corrected chi connectivity index (χ2v) is 3.91. The van der Waals surface area contributed by atoms with Crippen LogP contribution in [0.25, 0.3) is 0 Å². The minimum atomic E-state index is 0.174. The SMILES string of the molecule is CCN(CC)CCC(NN)c1ccnn1C. The van der Waals surface area contributed by atoms with Crippen LogP contribution in [0.15, 0.2) is 12.3 Å². The Labute approximate surface area is 97.6 Å². The van der Waals surface area contributed by atoms with E-state index < -0.39 is 0 Å². The molecule has 5 heteroatoms. The summed E-state index contributed by atoms with van der Waals surface area (Å²) in [7, 11) is 1.94. The third kappa shape index (κ3) is 3.30. The maximum atomic E-state index is 5.59. The van der Waals surface area contributed by atoms with Gasteiger partial charge in [-0.3, -0.25) is 16.0 Å². The van der Waals surface area contributed by atoms with E-state index >= 15 is 0 Å². The summed E-state index contributed by atoms with van der Waals surface area (Å²) in [6.45, 7) is 7.57. The van der Waals surface area contributed by atoms with Crippen LogP contribution in [0.1, 0.15) is 32.0 Å². The molecule has 1 aromatic rings. The highest BCUT2D eigenvalue weighted by Crippen LogP contribution is 2.14. The van der Waals surface area contributed by atoms with Gasteiger partial charge < -0.3 is 4.90 Å². The fourth-order valence-electron chi connectivity index (χ4n) is 1.89. The number of hydrazine groups is 1. The minimum Gasteiger partial charge on any atom is -0.304 e. The summed E-state index contributed by atoms with van der Waals surface area (Å²) in [6, 6.07) is 2.18. The van der Waals surface area contributed by atoms with E-state index in [9.17, 15) is 0 Å². The summed E-state index contributed by atoms with van der Waals surface area (Å²) in [4.78, 5) is 2.39. The first kappa shape index (κ1) is 13.2. The van der Waals surface area contributed by atoms with Crippen LogP contribution in [-0.2, 0) is 7.05 Å². The largest absolute Gasteiger partial charge is 0.304 e. The first-order valence-electron chi connectivity index (χ1n) is 5.89. The van der Waals surface area contributed by atoms with Gasteiger partial charge in [0.15, 0.2) is 0 Å². The van der Waals surface area contributed by atoms with Crippen molar-refractivity contribution in [2.24, 2.45) is 12.9 Å². The molecule has 0 aliphatic rings. The Bertz CT molecular complexity index is 292. The lowest BCUT2D eigenvalue weighted by atomic mass is 10.1. The number of aromatic nitrogens is 2. The topological polar surface area (TPSA) is 59.1 Å². The summed E-state index contributed by atoms with van der Waals surface area (Å²) in [5.41, 5.74) is 4.00. The lowest BCUT2D eigenvalue weighted by molar-refractivity contribution is 0.279. The molecule has 0 aliphatic carbocycles.